The molecule has 1 aromatic rings. The van der Waals surface area contributed by atoms with E-state index in [2.05, 4.69) is 39.2 Å². The minimum absolute atomic E-state index is 0.190. The lowest BCUT2D eigenvalue weighted by Gasteiger charge is -2.34. The number of hydrogen-bond acceptors (Lipinski definition) is 3. The highest BCUT2D eigenvalue weighted by molar-refractivity contribution is 9.10. The molecule has 1 aliphatic rings. The molecular formula is C14H23BrN2S. The molecule has 102 valence electrons. The van der Waals surface area contributed by atoms with Crippen LogP contribution in [0.25, 0.3) is 0 Å². The summed E-state index contributed by atoms with van der Waals surface area (Å²) in [6.45, 7) is 4.53. The van der Waals surface area contributed by atoms with E-state index in [0.29, 0.717) is 6.04 Å². The lowest BCUT2D eigenvalue weighted by molar-refractivity contribution is 0.164. The van der Waals surface area contributed by atoms with Crippen LogP contribution in [-0.2, 0) is 0 Å². The van der Waals surface area contributed by atoms with Gasteiger partial charge in [-0.3, -0.25) is 4.90 Å². The summed E-state index contributed by atoms with van der Waals surface area (Å²) in [7, 11) is 0. The van der Waals surface area contributed by atoms with Crippen molar-refractivity contribution in [1.82, 2.24) is 4.90 Å². The smallest absolute Gasteiger partial charge is 0.0591 e. The van der Waals surface area contributed by atoms with Crippen LogP contribution in [-0.4, -0.2) is 24.0 Å². The van der Waals surface area contributed by atoms with Gasteiger partial charge in [0.15, 0.2) is 0 Å². The Morgan fingerprint density at radius 1 is 1.22 bits per heavy atom. The number of hydrogen-bond donors (Lipinski definition) is 1. The highest BCUT2D eigenvalue weighted by Crippen LogP contribution is 2.32. The lowest BCUT2D eigenvalue weighted by atomic mass is 10.0. The minimum Gasteiger partial charge on any atom is -0.326 e. The zero-order valence-corrected chi connectivity index (χ0v) is 13.5. The number of halogens is 1. The van der Waals surface area contributed by atoms with Crippen molar-refractivity contribution >= 4 is 27.3 Å². The monoisotopic (exact) mass is 330 g/mol. The standard InChI is InChI=1S/C14H23BrN2S/c1-11(16)14(13-9-12(15)10-18-13)17-7-5-3-2-4-6-8-17/h9-11,14H,2-8,16H2,1H3. The fourth-order valence-electron chi connectivity index (χ4n) is 2.81. The first-order chi connectivity index (χ1) is 8.68. The number of nitrogens with zero attached hydrogens (tertiary/aromatic N) is 1. The van der Waals surface area contributed by atoms with Crippen LogP contribution in [0.2, 0.25) is 0 Å². The molecule has 1 fully saturated rings. The van der Waals surface area contributed by atoms with Crippen LogP contribution in [0.3, 0.4) is 0 Å². The van der Waals surface area contributed by atoms with Crippen molar-refractivity contribution in [3.8, 4) is 0 Å². The summed E-state index contributed by atoms with van der Waals surface area (Å²) in [4.78, 5) is 4.00. The zero-order chi connectivity index (χ0) is 13.0. The Morgan fingerprint density at radius 2 is 1.83 bits per heavy atom. The van der Waals surface area contributed by atoms with E-state index in [1.807, 2.05) is 11.3 Å². The van der Waals surface area contributed by atoms with E-state index < -0.39 is 0 Å². The van der Waals surface area contributed by atoms with Gasteiger partial charge in [-0.15, -0.1) is 11.3 Å². The molecule has 2 atom stereocenters. The fourth-order valence-corrected chi connectivity index (χ4v) is 4.50. The van der Waals surface area contributed by atoms with Gasteiger partial charge in [0.25, 0.3) is 0 Å². The molecule has 0 bridgehead atoms. The van der Waals surface area contributed by atoms with Crippen LogP contribution in [0.1, 0.15) is 49.9 Å². The molecule has 0 amide bonds. The van der Waals surface area contributed by atoms with E-state index in [1.54, 1.807) is 0 Å². The van der Waals surface area contributed by atoms with Gasteiger partial charge in [-0.2, -0.15) is 0 Å². The Bertz CT molecular complexity index is 356. The van der Waals surface area contributed by atoms with Gasteiger partial charge >= 0.3 is 0 Å². The Hall–Kier alpha value is 0.1000. The normalized spacial score (nSPS) is 22.2. The number of rotatable bonds is 3. The van der Waals surface area contributed by atoms with Crippen molar-refractivity contribution < 1.29 is 0 Å². The molecule has 2 unspecified atom stereocenters. The van der Waals surface area contributed by atoms with Crippen LogP contribution in [0.15, 0.2) is 15.9 Å². The summed E-state index contributed by atoms with van der Waals surface area (Å²) >= 11 is 5.38. The predicted molar refractivity (Wildman–Crippen MR) is 83.1 cm³/mol. The average Bonchev–Trinajstić information content (AvgIpc) is 2.67. The van der Waals surface area contributed by atoms with Crippen LogP contribution in [0, 0.1) is 0 Å². The maximum Gasteiger partial charge on any atom is 0.0591 e. The van der Waals surface area contributed by atoms with Crippen LogP contribution < -0.4 is 5.73 Å². The Balaban J connectivity index is 2.12. The average molecular weight is 331 g/mol. The van der Waals surface area contributed by atoms with Gasteiger partial charge in [0, 0.05) is 20.8 Å². The highest BCUT2D eigenvalue weighted by atomic mass is 79.9. The molecule has 4 heteroatoms. The van der Waals surface area contributed by atoms with E-state index in [0.717, 1.165) is 0 Å². The molecule has 1 saturated heterocycles. The fraction of sp³-hybridized carbons (Fsp3) is 0.714. The van der Waals surface area contributed by atoms with Crippen molar-refractivity contribution in [3.05, 3.63) is 20.8 Å². The summed E-state index contributed by atoms with van der Waals surface area (Å²) in [6.07, 6.45) is 6.78. The van der Waals surface area contributed by atoms with E-state index in [1.165, 1.54) is 54.5 Å². The van der Waals surface area contributed by atoms with Crippen molar-refractivity contribution in [2.75, 3.05) is 13.1 Å². The lowest BCUT2D eigenvalue weighted by Crippen LogP contribution is -2.40. The second-order valence-corrected chi connectivity index (χ2v) is 7.13. The second kappa shape index (κ2) is 7.04. The van der Waals surface area contributed by atoms with Crippen molar-refractivity contribution in [1.29, 1.82) is 0 Å². The molecule has 0 radical (unpaired) electrons. The minimum atomic E-state index is 0.190. The predicted octanol–water partition coefficient (Wildman–Crippen LogP) is 4.17. The molecule has 18 heavy (non-hydrogen) atoms. The summed E-state index contributed by atoms with van der Waals surface area (Å²) in [5.74, 6) is 0. The molecule has 2 heterocycles. The van der Waals surface area contributed by atoms with Crippen LogP contribution >= 0.6 is 27.3 Å². The van der Waals surface area contributed by atoms with Crippen LogP contribution in [0.5, 0.6) is 0 Å². The molecule has 2 rings (SSSR count). The van der Waals surface area contributed by atoms with Gasteiger partial charge in [0.2, 0.25) is 0 Å². The number of likely N-dealkylation sites (tertiary alicyclic amines) is 1. The van der Waals surface area contributed by atoms with Crippen LogP contribution in [0.4, 0.5) is 0 Å². The van der Waals surface area contributed by atoms with E-state index in [9.17, 15) is 0 Å². The molecule has 1 aliphatic heterocycles. The number of thiophene rings is 1. The molecule has 2 nitrogen and oxygen atoms in total. The van der Waals surface area contributed by atoms with Crippen molar-refractivity contribution in [2.45, 2.75) is 51.1 Å². The SMILES string of the molecule is CC(N)C(c1cc(Br)cs1)N1CCCCCCC1. The largest absolute Gasteiger partial charge is 0.326 e. The Morgan fingerprint density at radius 3 is 2.33 bits per heavy atom. The summed E-state index contributed by atoms with van der Waals surface area (Å²) in [5, 5.41) is 2.16. The molecule has 0 aliphatic carbocycles. The van der Waals surface area contributed by atoms with E-state index >= 15 is 0 Å². The first kappa shape index (κ1) is 14.5. The highest BCUT2D eigenvalue weighted by Gasteiger charge is 2.25. The number of nitrogens with two attached hydrogens (primary N) is 1. The van der Waals surface area contributed by atoms with Gasteiger partial charge < -0.3 is 5.73 Å². The third kappa shape index (κ3) is 3.80. The maximum absolute atomic E-state index is 6.25. The first-order valence-corrected chi connectivity index (χ1v) is 8.59. The first-order valence-electron chi connectivity index (χ1n) is 6.92. The molecule has 0 saturated carbocycles. The molecular weight excluding hydrogens is 308 g/mol. The van der Waals surface area contributed by atoms with Crippen molar-refractivity contribution in [2.24, 2.45) is 5.73 Å². The quantitative estimate of drug-likeness (QED) is 0.901. The van der Waals surface area contributed by atoms with Gasteiger partial charge in [-0.1, -0.05) is 19.3 Å². The van der Waals surface area contributed by atoms with Gasteiger partial charge in [-0.25, -0.2) is 0 Å². The Kier molecular flexibility index (Phi) is 5.67. The van der Waals surface area contributed by atoms with Gasteiger partial charge in [0.05, 0.1) is 6.04 Å². The van der Waals surface area contributed by atoms with Gasteiger partial charge in [-0.05, 0) is 54.9 Å². The van der Waals surface area contributed by atoms with E-state index in [4.69, 9.17) is 5.73 Å². The third-order valence-corrected chi connectivity index (χ3v) is 5.43. The molecule has 2 N–H and O–H groups in total. The van der Waals surface area contributed by atoms with Crippen molar-refractivity contribution in [3.63, 3.8) is 0 Å². The molecule has 0 aromatic carbocycles. The Labute approximate surface area is 123 Å². The summed E-state index contributed by atoms with van der Waals surface area (Å²) in [5.41, 5.74) is 6.25. The molecule has 0 spiro atoms. The van der Waals surface area contributed by atoms with Gasteiger partial charge in [0.1, 0.15) is 0 Å². The molecule has 1 aromatic heterocycles. The maximum atomic E-state index is 6.25. The zero-order valence-electron chi connectivity index (χ0n) is 11.1. The summed E-state index contributed by atoms with van der Waals surface area (Å²) < 4.78 is 1.18. The summed E-state index contributed by atoms with van der Waals surface area (Å²) in [6, 6.07) is 2.81. The third-order valence-electron chi connectivity index (χ3n) is 3.66. The second-order valence-electron chi connectivity index (χ2n) is 5.27. The topological polar surface area (TPSA) is 29.3 Å². The van der Waals surface area contributed by atoms with E-state index in [-0.39, 0.29) is 6.04 Å².